The molecule has 1 aromatic carbocycles. The standard InChI is InChI=1S/C11H11FN4O2/c1-2-14-10(17)9-15-11(18-16-9)6-3-4-7(12)8(13)5-6/h3-5H,2,13H2,1H3,(H,14,17). The number of carbonyl (C=O) groups is 1. The van der Waals surface area contributed by atoms with Gasteiger partial charge in [-0.25, -0.2) is 4.39 Å². The van der Waals surface area contributed by atoms with Gasteiger partial charge in [-0.2, -0.15) is 4.98 Å². The smallest absolute Gasteiger partial charge is 0.292 e. The second kappa shape index (κ2) is 4.82. The van der Waals surface area contributed by atoms with Crippen LogP contribution in [0.2, 0.25) is 0 Å². The molecule has 2 aromatic rings. The predicted molar refractivity (Wildman–Crippen MR) is 62.1 cm³/mol. The maximum Gasteiger partial charge on any atom is 0.292 e. The van der Waals surface area contributed by atoms with E-state index in [0.29, 0.717) is 12.1 Å². The Morgan fingerprint density at radius 3 is 3.00 bits per heavy atom. The van der Waals surface area contributed by atoms with Crippen molar-refractivity contribution in [3.8, 4) is 11.5 Å². The minimum atomic E-state index is -0.526. The molecule has 0 bridgehead atoms. The average Bonchev–Trinajstić information content (AvgIpc) is 2.82. The Balaban J connectivity index is 2.29. The van der Waals surface area contributed by atoms with Crippen molar-refractivity contribution in [1.29, 1.82) is 0 Å². The van der Waals surface area contributed by atoms with Crippen LogP contribution in [0.25, 0.3) is 11.5 Å². The molecule has 6 nitrogen and oxygen atoms in total. The zero-order chi connectivity index (χ0) is 13.1. The van der Waals surface area contributed by atoms with Crippen molar-refractivity contribution < 1.29 is 13.7 Å². The minimum absolute atomic E-state index is 0.0229. The van der Waals surface area contributed by atoms with Gasteiger partial charge in [-0.05, 0) is 25.1 Å². The van der Waals surface area contributed by atoms with E-state index in [4.69, 9.17) is 10.3 Å². The molecule has 0 atom stereocenters. The molecule has 1 amide bonds. The summed E-state index contributed by atoms with van der Waals surface area (Å²) in [4.78, 5) is 15.3. The van der Waals surface area contributed by atoms with Gasteiger partial charge in [-0.1, -0.05) is 5.16 Å². The molecular weight excluding hydrogens is 239 g/mol. The van der Waals surface area contributed by atoms with E-state index in [1.807, 2.05) is 0 Å². The first kappa shape index (κ1) is 12.0. The fourth-order valence-electron chi connectivity index (χ4n) is 1.35. The van der Waals surface area contributed by atoms with Crippen LogP contribution in [0, 0.1) is 5.82 Å². The quantitative estimate of drug-likeness (QED) is 0.798. The minimum Gasteiger partial charge on any atom is -0.396 e. The Kier molecular flexibility index (Phi) is 3.22. The van der Waals surface area contributed by atoms with Crippen molar-refractivity contribution in [2.45, 2.75) is 6.92 Å². The Hall–Kier alpha value is -2.44. The largest absolute Gasteiger partial charge is 0.396 e. The number of halogens is 1. The average molecular weight is 250 g/mol. The van der Waals surface area contributed by atoms with Crippen LogP contribution in [0.5, 0.6) is 0 Å². The highest BCUT2D eigenvalue weighted by atomic mass is 19.1. The lowest BCUT2D eigenvalue weighted by atomic mass is 10.2. The summed E-state index contributed by atoms with van der Waals surface area (Å²) in [5, 5.41) is 6.07. The number of benzene rings is 1. The monoisotopic (exact) mass is 250 g/mol. The number of aromatic nitrogens is 2. The fraction of sp³-hybridized carbons (Fsp3) is 0.182. The molecule has 7 heteroatoms. The van der Waals surface area contributed by atoms with E-state index >= 15 is 0 Å². The highest BCUT2D eigenvalue weighted by Crippen LogP contribution is 2.21. The third-order valence-electron chi connectivity index (χ3n) is 2.21. The van der Waals surface area contributed by atoms with Crippen LogP contribution in [-0.4, -0.2) is 22.6 Å². The lowest BCUT2D eigenvalue weighted by Gasteiger charge is -1.97. The number of carbonyl (C=O) groups excluding carboxylic acids is 1. The van der Waals surface area contributed by atoms with Crippen molar-refractivity contribution >= 4 is 11.6 Å². The molecule has 0 radical (unpaired) electrons. The number of hydrogen-bond donors (Lipinski definition) is 2. The van der Waals surface area contributed by atoms with Crippen molar-refractivity contribution in [3.63, 3.8) is 0 Å². The highest BCUT2D eigenvalue weighted by molar-refractivity contribution is 5.90. The molecule has 0 aliphatic carbocycles. The Morgan fingerprint density at radius 2 is 2.33 bits per heavy atom. The van der Waals surface area contributed by atoms with Gasteiger partial charge in [0.2, 0.25) is 0 Å². The Labute approximate surface area is 102 Å². The summed E-state index contributed by atoms with van der Waals surface area (Å²) < 4.78 is 17.9. The first-order valence-electron chi connectivity index (χ1n) is 5.29. The fourth-order valence-corrected chi connectivity index (χ4v) is 1.35. The summed E-state index contributed by atoms with van der Waals surface area (Å²) in [7, 11) is 0. The summed E-state index contributed by atoms with van der Waals surface area (Å²) in [5.74, 6) is -0.914. The van der Waals surface area contributed by atoms with Gasteiger partial charge < -0.3 is 15.6 Å². The van der Waals surface area contributed by atoms with E-state index < -0.39 is 11.7 Å². The maximum absolute atomic E-state index is 13.0. The molecule has 0 unspecified atom stereocenters. The molecule has 2 rings (SSSR count). The van der Waals surface area contributed by atoms with Gasteiger partial charge in [0.25, 0.3) is 17.6 Å². The number of anilines is 1. The Morgan fingerprint density at radius 1 is 1.56 bits per heavy atom. The van der Waals surface area contributed by atoms with Gasteiger partial charge in [0, 0.05) is 12.1 Å². The summed E-state index contributed by atoms with van der Waals surface area (Å²) in [6.07, 6.45) is 0. The van der Waals surface area contributed by atoms with E-state index in [1.54, 1.807) is 6.92 Å². The molecule has 0 saturated heterocycles. The second-order valence-electron chi connectivity index (χ2n) is 3.52. The number of nitrogens with two attached hydrogens (primary N) is 1. The predicted octanol–water partition coefficient (Wildman–Crippen LogP) is 1.21. The van der Waals surface area contributed by atoms with E-state index in [-0.39, 0.29) is 17.4 Å². The molecule has 1 heterocycles. The van der Waals surface area contributed by atoms with E-state index in [2.05, 4.69) is 15.5 Å². The third kappa shape index (κ3) is 2.29. The van der Waals surface area contributed by atoms with E-state index in [0.717, 1.165) is 0 Å². The van der Waals surface area contributed by atoms with E-state index in [9.17, 15) is 9.18 Å². The summed E-state index contributed by atoms with van der Waals surface area (Å²) >= 11 is 0. The van der Waals surface area contributed by atoms with Crippen LogP contribution in [0.4, 0.5) is 10.1 Å². The number of nitrogen functional groups attached to an aromatic ring is 1. The zero-order valence-electron chi connectivity index (χ0n) is 9.61. The van der Waals surface area contributed by atoms with Gasteiger partial charge in [0.05, 0.1) is 5.69 Å². The number of rotatable bonds is 3. The molecule has 0 spiro atoms. The van der Waals surface area contributed by atoms with Gasteiger partial charge in [-0.15, -0.1) is 0 Å². The topological polar surface area (TPSA) is 94.0 Å². The molecule has 0 aliphatic heterocycles. The lowest BCUT2D eigenvalue weighted by molar-refractivity contribution is 0.0942. The number of nitrogens with one attached hydrogen (secondary N) is 1. The molecule has 0 saturated carbocycles. The number of amides is 1. The maximum atomic E-state index is 13.0. The second-order valence-corrected chi connectivity index (χ2v) is 3.52. The molecule has 3 N–H and O–H groups in total. The van der Waals surface area contributed by atoms with Crippen molar-refractivity contribution in [1.82, 2.24) is 15.5 Å². The Bertz CT molecular complexity index is 582. The van der Waals surface area contributed by atoms with Gasteiger partial charge in [0.1, 0.15) is 5.82 Å². The molecule has 0 fully saturated rings. The first-order valence-corrected chi connectivity index (χ1v) is 5.29. The normalized spacial score (nSPS) is 10.3. The molecule has 1 aromatic heterocycles. The SMILES string of the molecule is CCNC(=O)c1noc(-c2ccc(F)c(N)c2)n1. The lowest BCUT2D eigenvalue weighted by Crippen LogP contribution is -2.23. The van der Waals surface area contributed by atoms with Crippen LogP contribution in [0.1, 0.15) is 17.5 Å². The van der Waals surface area contributed by atoms with Crippen LogP contribution < -0.4 is 11.1 Å². The van der Waals surface area contributed by atoms with Crippen LogP contribution in [0.3, 0.4) is 0 Å². The third-order valence-corrected chi connectivity index (χ3v) is 2.21. The summed E-state index contributed by atoms with van der Waals surface area (Å²) in [6, 6.07) is 4.01. The van der Waals surface area contributed by atoms with Crippen LogP contribution in [0.15, 0.2) is 22.7 Å². The van der Waals surface area contributed by atoms with Crippen LogP contribution >= 0.6 is 0 Å². The van der Waals surface area contributed by atoms with E-state index in [1.165, 1.54) is 18.2 Å². The van der Waals surface area contributed by atoms with Gasteiger partial charge in [-0.3, -0.25) is 4.79 Å². The van der Waals surface area contributed by atoms with Crippen molar-refractivity contribution in [3.05, 3.63) is 29.8 Å². The highest BCUT2D eigenvalue weighted by Gasteiger charge is 2.15. The zero-order valence-corrected chi connectivity index (χ0v) is 9.61. The molecular formula is C11H11FN4O2. The summed E-state index contributed by atoms with van der Waals surface area (Å²) in [6.45, 7) is 2.24. The van der Waals surface area contributed by atoms with Crippen molar-refractivity contribution in [2.24, 2.45) is 0 Å². The molecule has 18 heavy (non-hydrogen) atoms. The van der Waals surface area contributed by atoms with Crippen LogP contribution in [-0.2, 0) is 0 Å². The molecule has 94 valence electrons. The summed E-state index contributed by atoms with van der Waals surface area (Å²) in [5.41, 5.74) is 5.86. The van der Waals surface area contributed by atoms with Gasteiger partial charge in [0.15, 0.2) is 0 Å². The first-order chi connectivity index (χ1) is 8.61. The van der Waals surface area contributed by atoms with Crippen molar-refractivity contribution in [2.75, 3.05) is 12.3 Å². The molecule has 0 aliphatic rings. The number of hydrogen-bond acceptors (Lipinski definition) is 5. The number of nitrogens with zero attached hydrogens (tertiary/aromatic N) is 2. The van der Waals surface area contributed by atoms with Gasteiger partial charge >= 0.3 is 0 Å².